The normalized spacial score (nSPS) is 11.0. The standard InChI is InChI=1S/C21H16ClFN4O/c1-3-20(28)25-14-6-13-8-18(12-4-5-16(22)17(23)7-12)26-21(13)15(9-14)19-10-27(2)11-24-19/h3-11,26H,1H2,2H3,(H,25,28). The molecule has 5 nitrogen and oxygen atoms in total. The van der Waals surface area contributed by atoms with Crippen LogP contribution in [-0.4, -0.2) is 20.4 Å². The number of imidazole rings is 1. The fraction of sp³-hybridized carbons (Fsp3) is 0.0476. The number of anilines is 1. The van der Waals surface area contributed by atoms with Crippen molar-refractivity contribution in [3.8, 4) is 22.5 Å². The van der Waals surface area contributed by atoms with Gasteiger partial charge in [0.15, 0.2) is 0 Å². The summed E-state index contributed by atoms with van der Waals surface area (Å²) < 4.78 is 15.7. The largest absolute Gasteiger partial charge is 0.354 e. The second-order valence-corrected chi connectivity index (χ2v) is 6.82. The summed E-state index contributed by atoms with van der Waals surface area (Å²) in [7, 11) is 1.88. The molecule has 0 aliphatic carbocycles. The molecule has 1 amide bonds. The monoisotopic (exact) mass is 394 g/mol. The van der Waals surface area contributed by atoms with Crippen LogP contribution in [0.3, 0.4) is 0 Å². The average molecular weight is 395 g/mol. The van der Waals surface area contributed by atoms with E-state index in [1.54, 1.807) is 12.4 Å². The number of fused-ring (bicyclic) bond motifs is 1. The maximum atomic E-state index is 13.9. The Bertz CT molecular complexity index is 1220. The average Bonchev–Trinajstić information content (AvgIpc) is 3.29. The van der Waals surface area contributed by atoms with Crippen LogP contribution < -0.4 is 5.32 Å². The van der Waals surface area contributed by atoms with E-state index in [-0.39, 0.29) is 10.9 Å². The fourth-order valence-electron chi connectivity index (χ4n) is 3.08. The van der Waals surface area contributed by atoms with Crippen molar-refractivity contribution < 1.29 is 9.18 Å². The molecular weight excluding hydrogens is 379 g/mol. The molecule has 0 fully saturated rings. The van der Waals surface area contributed by atoms with Crippen LogP contribution in [0.1, 0.15) is 0 Å². The van der Waals surface area contributed by atoms with E-state index in [0.29, 0.717) is 11.3 Å². The molecule has 0 spiro atoms. The molecule has 2 heterocycles. The molecule has 0 aliphatic rings. The molecule has 0 saturated carbocycles. The van der Waals surface area contributed by atoms with Gasteiger partial charge in [-0.15, -0.1) is 0 Å². The Balaban J connectivity index is 1.91. The summed E-state index contributed by atoms with van der Waals surface area (Å²) in [4.78, 5) is 19.5. The van der Waals surface area contributed by atoms with E-state index in [1.165, 1.54) is 18.2 Å². The van der Waals surface area contributed by atoms with Gasteiger partial charge in [-0.2, -0.15) is 0 Å². The van der Waals surface area contributed by atoms with Crippen LogP contribution >= 0.6 is 11.6 Å². The highest BCUT2D eigenvalue weighted by Gasteiger charge is 2.14. The number of aromatic amines is 1. The third-order valence-electron chi connectivity index (χ3n) is 4.39. The van der Waals surface area contributed by atoms with Crippen molar-refractivity contribution in [2.45, 2.75) is 0 Å². The molecule has 7 heteroatoms. The number of nitrogens with one attached hydrogen (secondary N) is 2. The van der Waals surface area contributed by atoms with E-state index in [2.05, 4.69) is 21.9 Å². The lowest BCUT2D eigenvalue weighted by Gasteiger charge is -2.06. The maximum Gasteiger partial charge on any atom is 0.247 e. The first-order valence-corrected chi connectivity index (χ1v) is 8.86. The van der Waals surface area contributed by atoms with Crippen molar-refractivity contribution in [2.75, 3.05) is 5.32 Å². The van der Waals surface area contributed by atoms with Gasteiger partial charge in [-0.25, -0.2) is 9.37 Å². The minimum Gasteiger partial charge on any atom is -0.354 e. The number of benzene rings is 2. The molecule has 2 aromatic heterocycles. The van der Waals surface area contributed by atoms with Crippen LogP contribution in [0.25, 0.3) is 33.4 Å². The number of carbonyl (C=O) groups excluding carboxylic acids is 1. The third-order valence-corrected chi connectivity index (χ3v) is 4.70. The van der Waals surface area contributed by atoms with Gasteiger partial charge < -0.3 is 14.9 Å². The van der Waals surface area contributed by atoms with Crippen LogP contribution in [0, 0.1) is 5.82 Å². The van der Waals surface area contributed by atoms with Crippen LogP contribution in [0.4, 0.5) is 10.1 Å². The van der Waals surface area contributed by atoms with Gasteiger partial charge in [-0.1, -0.05) is 24.2 Å². The lowest BCUT2D eigenvalue weighted by Crippen LogP contribution is -2.07. The Morgan fingerprint density at radius 3 is 2.82 bits per heavy atom. The molecule has 0 radical (unpaired) electrons. The number of halogens is 2. The van der Waals surface area contributed by atoms with Crippen molar-refractivity contribution in [1.82, 2.24) is 14.5 Å². The highest BCUT2D eigenvalue weighted by Crippen LogP contribution is 2.34. The molecule has 140 valence electrons. The van der Waals surface area contributed by atoms with Crippen LogP contribution in [0.2, 0.25) is 5.02 Å². The van der Waals surface area contributed by atoms with Gasteiger partial charge in [0.05, 0.1) is 22.6 Å². The van der Waals surface area contributed by atoms with E-state index in [4.69, 9.17) is 11.6 Å². The number of amides is 1. The van der Waals surface area contributed by atoms with Crippen molar-refractivity contribution in [2.24, 2.45) is 7.05 Å². The van der Waals surface area contributed by atoms with E-state index >= 15 is 0 Å². The van der Waals surface area contributed by atoms with E-state index in [1.807, 2.05) is 36.0 Å². The second kappa shape index (κ2) is 6.98. The van der Waals surface area contributed by atoms with Gasteiger partial charge in [0.1, 0.15) is 5.82 Å². The Kier molecular flexibility index (Phi) is 4.49. The summed E-state index contributed by atoms with van der Waals surface area (Å²) in [6, 6.07) is 10.2. The van der Waals surface area contributed by atoms with Crippen LogP contribution in [0.15, 0.2) is 61.6 Å². The number of H-pyrrole nitrogens is 1. The number of hydrogen-bond donors (Lipinski definition) is 2. The van der Waals surface area contributed by atoms with Gasteiger partial charge in [0.2, 0.25) is 5.91 Å². The van der Waals surface area contributed by atoms with Crippen LogP contribution in [-0.2, 0) is 11.8 Å². The first-order valence-electron chi connectivity index (χ1n) is 8.48. The van der Waals surface area contributed by atoms with E-state index in [0.717, 1.165) is 27.9 Å². The van der Waals surface area contributed by atoms with Gasteiger partial charge >= 0.3 is 0 Å². The Hall–Kier alpha value is -3.38. The molecule has 0 atom stereocenters. The predicted octanol–water partition coefficient (Wildman–Crippen LogP) is 5.15. The summed E-state index contributed by atoms with van der Waals surface area (Å²) in [5.41, 5.74) is 4.42. The minimum absolute atomic E-state index is 0.0726. The molecule has 4 aromatic rings. The molecule has 28 heavy (non-hydrogen) atoms. The van der Waals surface area contributed by atoms with E-state index in [9.17, 15) is 9.18 Å². The molecular formula is C21H16ClFN4O. The molecule has 4 rings (SSSR count). The lowest BCUT2D eigenvalue weighted by molar-refractivity contribution is -0.111. The highest BCUT2D eigenvalue weighted by atomic mass is 35.5. The van der Waals surface area contributed by atoms with Gasteiger partial charge in [0.25, 0.3) is 0 Å². The number of hydrogen-bond acceptors (Lipinski definition) is 2. The molecule has 2 N–H and O–H groups in total. The number of aryl methyl sites for hydroxylation is 1. The van der Waals surface area contributed by atoms with Crippen molar-refractivity contribution in [1.29, 1.82) is 0 Å². The van der Waals surface area contributed by atoms with Crippen molar-refractivity contribution in [3.05, 3.63) is 72.4 Å². The molecule has 0 aliphatic heterocycles. The zero-order valence-electron chi connectivity index (χ0n) is 15.0. The lowest BCUT2D eigenvalue weighted by atomic mass is 10.1. The van der Waals surface area contributed by atoms with Gasteiger partial charge in [-0.05, 0) is 36.4 Å². The second-order valence-electron chi connectivity index (χ2n) is 6.42. The van der Waals surface area contributed by atoms with Gasteiger partial charge in [-0.3, -0.25) is 4.79 Å². The smallest absolute Gasteiger partial charge is 0.247 e. The first kappa shape index (κ1) is 18.0. The topological polar surface area (TPSA) is 62.7 Å². The van der Waals surface area contributed by atoms with Crippen LogP contribution in [0.5, 0.6) is 0 Å². The maximum absolute atomic E-state index is 13.9. The molecule has 2 aromatic carbocycles. The molecule has 0 bridgehead atoms. The molecule has 0 saturated heterocycles. The predicted molar refractivity (Wildman–Crippen MR) is 110 cm³/mol. The van der Waals surface area contributed by atoms with Crippen molar-refractivity contribution >= 4 is 34.1 Å². The Morgan fingerprint density at radius 1 is 1.32 bits per heavy atom. The zero-order valence-corrected chi connectivity index (χ0v) is 15.7. The van der Waals surface area contributed by atoms with E-state index < -0.39 is 5.82 Å². The highest BCUT2D eigenvalue weighted by molar-refractivity contribution is 6.30. The SMILES string of the molecule is C=CC(=O)Nc1cc(-c2cn(C)cn2)c2[nH]c(-c3ccc(Cl)c(F)c3)cc2c1. The Labute approximate surface area is 165 Å². The first-order chi connectivity index (χ1) is 13.4. The number of aromatic nitrogens is 3. The number of rotatable bonds is 4. The summed E-state index contributed by atoms with van der Waals surface area (Å²) in [6.07, 6.45) is 4.80. The summed E-state index contributed by atoms with van der Waals surface area (Å²) in [5.74, 6) is -0.788. The number of carbonyl (C=O) groups is 1. The quantitative estimate of drug-likeness (QED) is 0.470. The molecule has 0 unspecified atom stereocenters. The Morgan fingerprint density at radius 2 is 2.14 bits per heavy atom. The minimum atomic E-state index is -0.485. The van der Waals surface area contributed by atoms with Crippen molar-refractivity contribution in [3.63, 3.8) is 0 Å². The summed E-state index contributed by atoms with van der Waals surface area (Å²) in [6.45, 7) is 3.48. The van der Waals surface area contributed by atoms with Gasteiger partial charge in [0, 0.05) is 41.1 Å². The zero-order chi connectivity index (χ0) is 19.8. The fourth-order valence-corrected chi connectivity index (χ4v) is 3.20. The summed E-state index contributed by atoms with van der Waals surface area (Å²) in [5, 5.41) is 3.71. The third kappa shape index (κ3) is 3.30. The number of nitrogens with zero attached hydrogens (tertiary/aromatic N) is 2. The summed E-state index contributed by atoms with van der Waals surface area (Å²) >= 11 is 5.79.